The Labute approximate surface area is 96.1 Å². The molecule has 0 aliphatic heterocycles. The minimum Gasteiger partial charge on any atom is -0.370 e. The van der Waals surface area contributed by atoms with E-state index in [1.807, 2.05) is 12.3 Å². The van der Waals surface area contributed by atoms with Crippen molar-refractivity contribution < 1.29 is 0 Å². The zero-order valence-electron chi connectivity index (χ0n) is 9.09. The summed E-state index contributed by atoms with van der Waals surface area (Å²) in [6, 6.07) is 4.09. The molecule has 1 saturated carbocycles. The molecule has 1 heterocycles. The maximum Gasteiger partial charge on any atom is 0.126 e. The molecule has 0 amide bonds. The van der Waals surface area contributed by atoms with Gasteiger partial charge in [0.05, 0.1) is 0 Å². The van der Waals surface area contributed by atoms with E-state index < -0.39 is 0 Å². The van der Waals surface area contributed by atoms with E-state index in [0.717, 1.165) is 24.7 Å². The fourth-order valence-corrected chi connectivity index (χ4v) is 2.20. The second-order valence-corrected chi connectivity index (χ2v) is 4.89. The standard InChI is InChI=1S/C12H17ClN2/c1-10-2-7-14-11(8-10)15-9-12(3-4-12)5-6-13/h2,7-8H,3-6,9H2,1H3,(H,14,15). The quantitative estimate of drug-likeness (QED) is 0.777. The van der Waals surface area contributed by atoms with Crippen molar-refractivity contribution in [2.75, 3.05) is 17.7 Å². The summed E-state index contributed by atoms with van der Waals surface area (Å²) < 4.78 is 0. The molecule has 3 heteroatoms. The highest BCUT2D eigenvalue weighted by Crippen LogP contribution is 2.48. The van der Waals surface area contributed by atoms with Crippen LogP contribution >= 0.6 is 11.6 Å². The molecule has 1 aromatic heterocycles. The van der Waals surface area contributed by atoms with Crippen LogP contribution in [0.15, 0.2) is 18.3 Å². The number of pyridine rings is 1. The molecule has 0 bridgehead atoms. The van der Waals surface area contributed by atoms with Gasteiger partial charge in [0, 0.05) is 18.6 Å². The molecule has 1 fully saturated rings. The van der Waals surface area contributed by atoms with Crippen molar-refractivity contribution >= 4 is 17.4 Å². The first-order valence-electron chi connectivity index (χ1n) is 5.47. The fourth-order valence-electron chi connectivity index (χ4n) is 1.80. The molecule has 1 aliphatic carbocycles. The number of nitrogens with one attached hydrogen (secondary N) is 1. The summed E-state index contributed by atoms with van der Waals surface area (Å²) in [6.45, 7) is 3.09. The summed E-state index contributed by atoms with van der Waals surface area (Å²) in [5.41, 5.74) is 1.71. The van der Waals surface area contributed by atoms with Crippen LogP contribution in [0, 0.1) is 12.3 Å². The van der Waals surface area contributed by atoms with Gasteiger partial charge in [-0.25, -0.2) is 4.98 Å². The highest BCUT2D eigenvalue weighted by atomic mass is 35.5. The number of rotatable bonds is 5. The first-order chi connectivity index (χ1) is 7.24. The molecule has 0 atom stereocenters. The Morgan fingerprint density at radius 3 is 2.93 bits per heavy atom. The molecule has 1 aromatic rings. The predicted molar refractivity (Wildman–Crippen MR) is 64.5 cm³/mol. The Morgan fingerprint density at radius 2 is 2.33 bits per heavy atom. The monoisotopic (exact) mass is 224 g/mol. The molecule has 15 heavy (non-hydrogen) atoms. The smallest absolute Gasteiger partial charge is 0.126 e. The minimum absolute atomic E-state index is 0.465. The highest BCUT2D eigenvalue weighted by molar-refractivity contribution is 6.17. The number of aromatic nitrogens is 1. The van der Waals surface area contributed by atoms with Crippen molar-refractivity contribution in [2.45, 2.75) is 26.2 Å². The molecule has 0 spiro atoms. The predicted octanol–water partition coefficient (Wildman–Crippen LogP) is 3.21. The molecule has 2 nitrogen and oxygen atoms in total. The van der Waals surface area contributed by atoms with Crippen molar-refractivity contribution in [3.05, 3.63) is 23.9 Å². The average molecular weight is 225 g/mol. The lowest BCUT2D eigenvalue weighted by Crippen LogP contribution is -2.16. The number of halogens is 1. The van der Waals surface area contributed by atoms with Gasteiger partial charge in [-0.3, -0.25) is 0 Å². The maximum atomic E-state index is 5.79. The van der Waals surface area contributed by atoms with E-state index in [1.165, 1.54) is 18.4 Å². The van der Waals surface area contributed by atoms with Crippen LogP contribution in [0.5, 0.6) is 0 Å². The summed E-state index contributed by atoms with van der Waals surface area (Å²) in [4.78, 5) is 4.29. The van der Waals surface area contributed by atoms with Gasteiger partial charge in [0.25, 0.3) is 0 Å². The molecule has 0 saturated heterocycles. The number of hydrogen-bond donors (Lipinski definition) is 1. The SMILES string of the molecule is Cc1ccnc(NCC2(CCCl)CC2)c1. The van der Waals surface area contributed by atoms with Gasteiger partial charge in [0.2, 0.25) is 0 Å². The Balaban J connectivity index is 1.88. The van der Waals surface area contributed by atoms with Crippen LogP contribution < -0.4 is 5.32 Å². The van der Waals surface area contributed by atoms with Crippen LogP contribution in [0.3, 0.4) is 0 Å². The van der Waals surface area contributed by atoms with Crippen molar-refractivity contribution in [3.63, 3.8) is 0 Å². The second kappa shape index (κ2) is 4.40. The van der Waals surface area contributed by atoms with Crippen LogP contribution in [-0.4, -0.2) is 17.4 Å². The molecular weight excluding hydrogens is 208 g/mol. The van der Waals surface area contributed by atoms with Crippen LogP contribution in [0.1, 0.15) is 24.8 Å². The normalized spacial score (nSPS) is 17.5. The Hall–Kier alpha value is -0.760. The lowest BCUT2D eigenvalue weighted by Gasteiger charge is -2.14. The Morgan fingerprint density at radius 1 is 1.53 bits per heavy atom. The zero-order valence-corrected chi connectivity index (χ0v) is 9.85. The Kier molecular flexibility index (Phi) is 3.15. The molecular formula is C12H17ClN2. The summed E-state index contributed by atoms with van der Waals surface area (Å²) in [5.74, 6) is 1.75. The second-order valence-electron chi connectivity index (χ2n) is 4.51. The number of hydrogen-bond acceptors (Lipinski definition) is 2. The summed E-state index contributed by atoms with van der Waals surface area (Å²) in [7, 11) is 0. The van der Waals surface area contributed by atoms with E-state index in [4.69, 9.17) is 11.6 Å². The maximum absolute atomic E-state index is 5.79. The number of alkyl halides is 1. The van der Waals surface area contributed by atoms with Gasteiger partial charge in [-0.2, -0.15) is 0 Å². The van der Waals surface area contributed by atoms with Crippen LogP contribution in [0.4, 0.5) is 5.82 Å². The van der Waals surface area contributed by atoms with Gasteiger partial charge in [-0.05, 0) is 49.3 Å². The van der Waals surface area contributed by atoms with Crippen molar-refractivity contribution in [1.82, 2.24) is 4.98 Å². The van der Waals surface area contributed by atoms with Gasteiger partial charge in [0.15, 0.2) is 0 Å². The number of aryl methyl sites for hydroxylation is 1. The van der Waals surface area contributed by atoms with Gasteiger partial charge < -0.3 is 5.32 Å². The van der Waals surface area contributed by atoms with Gasteiger partial charge in [0.1, 0.15) is 5.82 Å². The Bertz CT molecular complexity index is 334. The van der Waals surface area contributed by atoms with E-state index >= 15 is 0 Å². The first-order valence-corrected chi connectivity index (χ1v) is 6.00. The van der Waals surface area contributed by atoms with Gasteiger partial charge in [-0.1, -0.05) is 0 Å². The summed E-state index contributed by atoms with van der Waals surface area (Å²) in [6.07, 6.45) is 5.57. The lowest BCUT2D eigenvalue weighted by atomic mass is 10.0. The van der Waals surface area contributed by atoms with Crippen molar-refractivity contribution in [1.29, 1.82) is 0 Å². The third-order valence-corrected chi connectivity index (χ3v) is 3.33. The average Bonchev–Trinajstić information content (AvgIpc) is 2.97. The first kappa shape index (κ1) is 10.7. The minimum atomic E-state index is 0.465. The number of nitrogens with zero attached hydrogens (tertiary/aromatic N) is 1. The third kappa shape index (κ3) is 2.85. The largest absolute Gasteiger partial charge is 0.370 e. The lowest BCUT2D eigenvalue weighted by molar-refractivity contribution is 0.524. The summed E-state index contributed by atoms with van der Waals surface area (Å²) >= 11 is 5.79. The molecule has 2 rings (SSSR count). The zero-order chi connectivity index (χ0) is 10.7. The highest BCUT2D eigenvalue weighted by Gasteiger charge is 2.41. The van der Waals surface area contributed by atoms with Crippen LogP contribution in [0.25, 0.3) is 0 Å². The third-order valence-electron chi connectivity index (χ3n) is 3.14. The van der Waals surface area contributed by atoms with E-state index in [2.05, 4.69) is 23.3 Å². The number of anilines is 1. The molecule has 1 aliphatic rings. The van der Waals surface area contributed by atoms with E-state index in [-0.39, 0.29) is 0 Å². The molecule has 0 unspecified atom stereocenters. The van der Waals surface area contributed by atoms with Crippen molar-refractivity contribution in [2.24, 2.45) is 5.41 Å². The molecule has 0 radical (unpaired) electrons. The van der Waals surface area contributed by atoms with Gasteiger partial charge >= 0.3 is 0 Å². The van der Waals surface area contributed by atoms with Crippen molar-refractivity contribution in [3.8, 4) is 0 Å². The van der Waals surface area contributed by atoms with Crippen LogP contribution in [-0.2, 0) is 0 Å². The topological polar surface area (TPSA) is 24.9 Å². The van der Waals surface area contributed by atoms with E-state index in [1.54, 1.807) is 0 Å². The molecule has 0 aromatic carbocycles. The fraction of sp³-hybridized carbons (Fsp3) is 0.583. The van der Waals surface area contributed by atoms with E-state index in [9.17, 15) is 0 Å². The van der Waals surface area contributed by atoms with Gasteiger partial charge in [-0.15, -0.1) is 11.6 Å². The molecule has 1 N–H and O–H groups in total. The van der Waals surface area contributed by atoms with Crippen LogP contribution in [0.2, 0.25) is 0 Å². The molecule has 82 valence electrons. The van der Waals surface area contributed by atoms with E-state index in [0.29, 0.717) is 5.41 Å². The summed E-state index contributed by atoms with van der Waals surface area (Å²) in [5, 5.41) is 3.40.